The Hall–Kier alpha value is -2.25. The summed E-state index contributed by atoms with van der Waals surface area (Å²) in [5.74, 6) is 0.700. The summed E-state index contributed by atoms with van der Waals surface area (Å²) >= 11 is 7.86. The molecule has 1 N–H and O–H groups in total. The van der Waals surface area contributed by atoms with Crippen LogP contribution in [-0.2, 0) is 11.2 Å². The van der Waals surface area contributed by atoms with Gasteiger partial charge in [0, 0.05) is 28.5 Å². The molecule has 1 fully saturated rings. The van der Waals surface area contributed by atoms with Crippen molar-refractivity contribution in [2.24, 2.45) is 0 Å². The molecule has 1 aromatic carbocycles. The Labute approximate surface area is 198 Å². The number of nitrogens with one attached hydrogen (secondary N) is 1. The predicted octanol–water partition coefficient (Wildman–Crippen LogP) is 4.80. The van der Waals surface area contributed by atoms with Gasteiger partial charge in [0.25, 0.3) is 0 Å². The lowest BCUT2D eigenvalue weighted by atomic mass is 10.0. The molecular weight excluding hydrogens is 446 g/mol. The quantitative estimate of drug-likeness (QED) is 0.625. The fraction of sp³-hybridized carbons (Fsp3) is 0.500. The number of carbonyl (C=O) groups is 2. The highest BCUT2D eigenvalue weighted by Crippen LogP contribution is 2.35. The van der Waals surface area contributed by atoms with E-state index in [0.29, 0.717) is 18.2 Å². The van der Waals surface area contributed by atoms with Gasteiger partial charge in [-0.15, -0.1) is 11.3 Å². The predicted molar refractivity (Wildman–Crippen MR) is 128 cm³/mol. The van der Waals surface area contributed by atoms with Crippen molar-refractivity contribution in [2.45, 2.75) is 58.2 Å². The number of hydrogen-bond donors (Lipinski definition) is 1. The van der Waals surface area contributed by atoms with Crippen LogP contribution in [0.4, 0.5) is 4.79 Å². The van der Waals surface area contributed by atoms with Crippen molar-refractivity contribution < 1.29 is 14.3 Å². The first-order valence-electron chi connectivity index (χ1n) is 11.1. The van der Waals surface area contributed by atoms with Crippen molar-refractivity contribution in [3.8, 4) is 5.75 Å². The van der Waals surface area contributed by atoms with Gasteiger partial charge in [-0.25, -0.2) is 4.79 Å². The molecule has 8 heteroatoms. The lowest BCUT2D eigenvalue weighted by Crippen LogP contribution is -2.51. The number of benzene rings is 1. The van der Waals surface area contributed by atoms with E-state index in [2.05, 4.69) is 16.8 Å². The number of rotatable bonds is 7. The summed E-state index contributed by atoms with van der Waals surface area (Å²) in [5, 5.41) is 5.71. The molecular formula is C24H30ClN3O3S. The van der Waals surface area contributed by atoms with E-state index in [4.69, 9.17) is 16.3 Å². The normalized spacial score (nSPS) is 17.8. The zero-order chi connectivity index (χ0) is 22.8. The van der Waals surface area contributed by atoms with Gasteiger partial charge in [-0.3, -0.25) is 4.79 Å². The average Bonchev–Trinajstić information content (AvgIpc) is 3.47. The molecule has 0 radical (unpaired) electrons. The van der Waals surface area contributed by atoms with Crippen LogP contribution < -0.4 is 10.1 Å². The van der Waals surface area contributed by atoms with E-state index >= 15 is 0 Å². The van der Waals surface area contributed by atoms with E-state index < -0.39 is 0 Å². The van der Waals surface area contributed by atoms with Crippen LogP contribution in [0.5, 0.6) is 5.75 Å². The van der Waals surface area contributed by atoms with Gasteiger partial charge < -0.3 is 19.9 Å². The van der Waals surface area contributed by atoms with Crippen LogP contribution in [-0.4, -0.2) is 53.5 Å². The first kappa shape index (κ1) is 22.9. The Balaban J connectivity index is 1.49. The fourth-order valence-corrected chi connectivity index (χ4v) is 5.12. The monoisotopic (exact) mass is 475 g/mol. The number of ether oxygens (including phenoxy) is 1. The molecule has 2 heterocycles. The number of carbonyl (C=O) groups excluding carboxylic acids is 2. The highest BCUT2D eigenvalue weighted by Gasteiger charge is 2.38. The van der Waals surface area contributed by atoms with Crippen molar-refractivity contribution >= 4 is 34.9 Å². The van der Waals surface area contributed by atoms with Crippen LogP contribution in [0.2, 0.25) is 5.02 Å². The molecule has 0 spiro atoms. The number of aryl methyl sites for hydroxylation is 1. The van der Waals surface area contributed by atoms with Crippen molar-refractivity contribution in [3.63, 3.8) is 0 Å². The van der Waals surface area contributed by atoms with E-state index in [1.54, 1.807) is 16.2 Å². The van der Waals surface area contributed by atoms with Gasteiger partial charge >= 0.3 is 6.03 Å². The minimum Gasteiger partial charge on any atom is -0.491 e. The third-order valence-corrected chi connectivity index (χ3v) is 7.34. The molecule has 0 unspecified atom stereocenters. The molecule has 6 nitrogen and oxygen atoms in total. The Morgan fingerprint density at radius 3 is 2.78 bits per heavy atom. The third-order valence-electron chi connectivity index (χ3n) is 5.92. The van der Waals surface area contributed by atoms with E-state index in [9.17, 15) is 9.59 Å². The lowest BCUT2D eigenvalue weighted by Gasteiger charge is -2.37. The van der Waals surface area contributed by atoms with Crippen LogP contribution in [0.25, 0.3) is 0 Å². The summed E-state index contributed by atoms with van der Waals surface area (Å²) in [7, 11) is 0. The maximum absolute atomic E-state index is 13.4. The van der Waals surface area contributed by atoms with Crippen molar-refractivity contribution in [1.29, 1.82) is 0 Å². The van der Waals surface area contributed by atoms with Crippen LogP contribution in [0.3, 0.4) is 0 Å². The van der Waals surface area contributed by atoms with Gasteiger partial charge in [0.15, 0.2) is 0 Å². The fourth-order valence-electron chi connectivity index (χ4n) is 4.08. The standard InChI is InChI=1S/C24H30ClN3O3S/c1-15(2)26-24(30)28(17-4-5-17)13-23(29)27-10-8-22-19(9-11-32-22)21(27)14-31-18-6-7-20(25)16(3)12-18/h6-7,9,11-12,15,17,21H,4-5,8,10,13-14H2,1-3H3,(H,26,30)/t21-/m1/s1. The molecule has 1 aliphatic carbocycles. The van der Waals surface area contributed by atoms with Crippen LogP contribution >= 0.6 is 22.9 Å². The van der Waals surface area contributed by atoms with E-state index in [1.807, 2.05) is 43.9 Å². The number of urea groups is 1. The number of halogens is 1. The highest BCUT2D eigenvalue weighted by molar-refractivity contribution is 7.10. The number of thiophene rings is 1. The first-order valence-corrected chi connectivity index (χ1v) is 12.4. The number of hydrogen-bond acceptors (Lipinski definition) is 4. The van der Waals surface area contributed by atoms with E-state index in [-0.39, 0.29) is 36.6 Å². The molecule has 2 aromatic rings. The summed E-state index contributed by atoms with van der Waals surface area (Å²) in [6.45, 7) is 6.89. The number of fused-ring (bicyclic) bond motifs is 1. The van der Waals surface area contributed by atoms with Gasteiger partial charge in [-0.2, -0.15) is 0 Å². The SMILES string of the molecule is Cc1cc(OC[C@@H]2c3ccsc3CCN2C(=O)CN(C(=O)NC(C)C)C2CC2)ccc1Cl. The summed E-state index contributed by atoms with van der Waals surface area (Å²) in [6.07, 6.45) is 2.74. The van der Waals surface area contributed by atoms with Crippen molar-refractivity contribution in [2.75, 3.05) is 19.7 Å². The van der Waals surface area contributed by atoms with Crippen molar-refractivity contribution in [1.82, 2.24) is 15.1 Å². The molecule has 172 valence electrons. The topological polar surface area (TPSA) is 61.9 Å². The highest BCUT2D eigenvalue weighted by atomic mass is 35.5. The smallest absolute Gasteiger partial charge is 0.318 e. The van der Waals surface area contributed by atoms with Gasteiger partial charge in [-0.05, 0) is 80.8 Å². The molecule has 0 bridgehead atoms. The maximum atomic E-state index is 13.4. The summed E-state index contributed by atoms with van der Waals surface area (Å²) in [4.78, 5) is 31.0. The summed E-state index contributed by atoms with van der Waals surface area (Å²) in [6, 6.07) is 7.53. The second-order valence-corrected chi connectivity index (χ2v) is 10.2. The maximum Gasteiger partial charge on any atom is 0.318 e. The molecule has 32 heavy (non-hydrogen) atoms. The number of amides is 3. The number of nitrogens with zero attached hydrogens (tertiary/aromatic N) is 2. The molecule has 1 atom stereocenters. The summed E-state index contributed by atoms with van der Waals surface area (Å²) in [5.41, 5.74) is 2.10. The Morgan fingerprint density at radius 2 is 2.09 bits per heavy atom. The van der Waals surface area contributed by atoms with Crippen molar-refractivity contribution in [3.05, 3.63) is 50.7 Å². The average molecular weight is 476 g/mol. The van der Waals surface area contributed by atoms with Crippen LogP contribution in [0, 0.1) is 6.92 Å². The van der Waals surface area contributed by atoms with Gasteiger partial charge in [0.1, 0.15) is 18.9 Å². The molecule has 4 rings (SSSR count). The molecule has 1 aliphatic heterocycles. The molecule has 3 amide bonds. The third kappa shape index (κ3) is 5.21. The Bertz CT molecular complexity index is 989. The van der Waals surface area contributed by atoms with E-state index in [0.717, 1.165) is 36.1 Å². The summed E-state index contributed by atoms with van der Waals surface area (Å²) < 4.78 is 6.11. The largest absolute Gasteiger partial charge is 0.491 e. The molecule has 2 aliphatic rings. The molecule has 1 saturated carbocycles. The van der Waals surface area contributed by atoms with Crippen LogP contribution in [0.15, 0.2) is 29.6 Å². The first-order chi connectivity index (χ1) is 15.3. The Kier molecular flexibility index (Phi) is 6.96. The van der Waals surface area contributed by atoms with Gasteiger partial charge in [0.05, 0.1) is 6.04 Å². The molecule has 0 saturated heterocycles. The van der Waals surface area contributed by atoms with E-state index in [1.165, 1.54) is 4.88 Å². The minimum absolute atomic E-state index is 0.0335. The van der Waals surface area contributed by atoms with Crippen LogP contribution in [0.1, 0.15) is 48.7 Å². The minimum atomic E-state index is -0.178. The lowest BCUT2D eigenvalue weighted by molar-refractivity contribution is -0.135. The van der Waals surface area contributed by atoms with Gasteiger partial charge in [0.2, 0.25) is 5.91 Å². The molecule has 1 aromatic heterocycles. The Morgan fingerprint density at radius 1 is 1.31 bits per heavy atom. The van der Waals surface area contributed by atoms with Gasteiger partial charge in [-0.1, -0.05) is 11.6 Å². The second-order valence-electron chi connectivity index (χ2n) is 8.84. The zero-order valence-electron chi connectivity index (χ0n) is 18.8. The second kappa shape index (κ2) is 9.71. The zero-order valence-corrected chi connectivity index (χ0v) is 20.3.